The highest BCUT2D eigenvalue weighted by Crippen LogP contribution is 2.13. The molecular formula is C18H19IN2O3. The molecule has 2 aromatic rings. The number of carbonyl (C=O) groups excluding carboxylic acids is 2. The predicted molar refractivity (Wildman–Crippen MR) is 101 cm³/mol. The van der Waals surface area contributed by atoms with Gasteiger partial charge in [-0.15, -0.1) is 0 Å². The van der Waals surface area contributed by atoms with Gasteiger partial charge in [0, 0.05) is 16.2 Å². The second-order valence-corrected chi connectivity index (χ2v) is 6.28. The minimum Gasteiger partial charge on any atom is -0.465 e. The molecule has 6 heteroatoms. The van der Waals surface area contributed by atoms with Crippen molar-refractivity contribution in [3.05, 3.63) is 63.3 Å². The van der Waals surface area contributed by atoms with Crippen molar-refractivity contribution in [2.24, 2.45) is 0 Å². The zero-order chi connectivity index (χ0) is 17.4. The Kier molecular flexibility index (Phi) is 7.05. The monoisotopic (exact) mass is 438 g/mol. The molecule has 2 N–H and O–H groups in total. The molecule has 0 radical (unpaired) electrons. The largest absolute Gasteiger partial charge is 0.465 e. The molecule has 1 aromatic carbocycles. The lowest BCUT2D eigenvalue weighted by molar-refractivity contribution is -0.117. The van der Waals surface area contributed by atoms with Gasteiger partial charge < -0.3 is 15.1 Å². The van der Waals surface area contributed by atoms with Crippen LogP contribution in [-0.2, 0) is 4.79 Å². The van der Waals surface area contributed by atoms with Gasteiger partial charge in [-0.1, -0.05) is 25.5 Å². The molecule has 2 amide bonds. The fraction of sp³-hybridized carbons (Fsp3) is 0.222. The Morgan fingerprint density at radius 3 is 2.67 bits per heavy atom. The van der Waals surface area contributed by atoms with Gasteiger partial charge in [-0.05, 0) is 53.3 Å². The minimum absolute atomic E-state index is 0.158. The average molecular weight is 438 g/mol. The molecule has 24 heavy (non-hydrogen) atoms. The van der Waals surface area contributed by atoms with E-state index in [1.165, 1.54) is 12.3 Å². The fourth-order valence-electron chi connectivity index (χ4n) is 1.98. The summed E-state index contributed by atoms with van der Waals surface area (Å²) in [6.45, 7) is 2.61. The Labute approximate surface area is 154 Å². The van der Waals surface area contributed by atoms with Crippen molar-refractivity contribution in [3.8, 4) is 0 Å². The average Bonchev–Trinajstić information content (AvgIpc) is 3.07. The van der Waals surface area contributed by atoms with Gasteiger partial charge in [-0.25, -0.2) is 0 Å². The Morgan fingerprint density at radius 2 is 2.00 bits per heavy atom. The number of nitrogens with one attached hydrogen (secondary N) is 2. The summed E-state index contributed by atoms with van der Waals surface area (Å²) in [4.78, 5) is 24.8. The van der Waals surface area contributed by atoms with Crippen molar-refractivity contribution < 1.29 is 14.0 Å². The maximum Gasteiger partial charge on any atom is 0.267 e. The molecule has 0 aliphatic carbocycles. The molecule has 0 saturated heterocycles. The van der Waals surface area contributed by atoms with Gasteiger partial charge >= 0.3 is 0 Å². The molecule has 126 valence electrons. The lowest BCUT2D eigenvalue weighted by Crippen LogP contribution is -2.35. The van der Waals surface area contributed by atoms with E-state index >= 15 is 0 Å². The standard InChI is InChI=1S/C18H19IN2O3/c1-2-3-10-20-18(23)16(12-13-7-6-11-24-13)21-17(22)14-8-4-5-9-15(14)19/h4-9,11-12H,2-3,10H2,1H3,(H,20,23)(H,21,22). The molecule has 2 rings (SSSR count). The number of benzene rings is 1. The second kappa shape index (κ2) is 9.27. The van der Waals surface area contributed by atoms with Crippen LogP contribution in [0.3, 0.4) is 0 Å². The van der Waals surface area contributed by atoms with E-state index in [2.05, 4.69) is 33.2 Å². The van der Waals surface area contributed by atoms with Crippen LogP contribution in [0.15, 0.2) is 52.8 Å². The Balaban J connectivity index is 2.18. The molecule has 0 bridgehead atoms. The van der Waals surface area contributed by atoms with E-state index in [0.29, 0.717) is 17.9 Å². The molecule has 5 nitrogen and oxygen atoms in total. The van der Waals surface area contributed by atoms with Crippen LogP contribution in [0.4, 0.5) is 0 Å². The van der Waals surface area contributed by atoms with Gasteiger partial charge in [0.15, 0.2) is 0 Å². The number of hydrogen-bond acceptors (Lipinski definition) is 3. The molecule has 0 saturated carbocycles. The van der Waals surface area contributed by atoms with Crippen LogP contribution >= 0.6 is 22.6 Å². The highest BCUT2D eigenvalue weighted by atomic mass is 127. The normalized spacial score (nSPS) is 11.2. The number of unbranched alkanes of at least 4 members (excludes halogenated alkanes) is 1. The molecule has 1 heterocycles. The zero-order valence-corrected chi connectivity index (χ0v) is 15.5. The summed E-state index contributed by atoms with van der Waals surface area (Å²) in [6.07, 6.45) is 4.89. The van der Waals surface area contributed by atoms with Crippen molar-refractivity contribution in [1.29, 1.82) is 0 Å². The molecule has 0 spiro atoms. The van der Waals surface area contributed by atoms with Gasteiger partial charge in [0.05, 0.1) is 11.8 Å². The molecule has 0 atom stereocenters. The smallest absolute Gasteiger partial charge is 0.267 e. The number of hydrogen-bond donors (Lipinski definition) is 2. The summed E-state index contributed by atoms with van der Waals surface area (Å²) in [5.74, 6) is -0.165. The van der Waals surface area contributed by atoms with Crippen molar-refractivity contribution in [2.45, 2.75) is 19.8 Å². The summed E-state index contributed by atoms with van der Waals surface area (Å²) in [5, 5.41) is 5.49. The minimum atomic E-state index is -0.334. The van der Waals surface area contributed by atoms with Crippen molar-refractivity contribution >= 4 is 40.5 Å². The summed E-state index contributed by atoms with van der Waals surface area (Å²) in [5.41, 5.74) is 0.676. The van der Waals surface area contributed by atoms with Crippen molar-refractivity contribution in [1.82, 2.24) is 10.6 Å². The van der Waals surface area contributed by atoms with E-state index < -0.39 is 0 Å². The zero-order valence-electron chi connectivity index (χ0n) is 13.3. The topological polar surface area (TPSA) is 71.3 Å². The van der Waals surface area contributed by atoms with Crippen LogP contribution < -0.4 is 10.6 Å². The molecule has 0 unspecified atom stereocenters. The Morgan fingerprint density at radius 1 is 1.21 bits per heavy atom. The maximum atomic E-state index is 12.5. The first kappa shape index (κ1) is 18.3. The van der Waals surface area contributed by atoms with E-state index in [1.807, 2.05) is 19.1 Å². The van der Waals surface area contributed by atoms with Crippen LogP contribution in [-0.4, -0.2) is 18.4 Å². The van der Waals surface area contributed by atoms with E-state index in [-0.39, 0.29) is 17.5 Å². The third-order valence-corrected chi connectivity index (χ3v) is 4.20. The van der Waals surface area contributed by atoms with E-state index in [9.17, 15) is 9.59 Å². The number of amides is 2. The van der Waals surface area contributed by atoms with Crippen LogP contribution in [0.25, 0.3) is 6.08 Å². The quantitative estimate of drug-likeness (QED) is 0.395. The highest BCUT2D eigenvalue weighted by Gasteiger charge is 2.16. The van der Waals surface area contributed by atoms with Crippen LogP contribution in [0.1, 0.15) is 35.9 Å². The first-order chi connectivity index (χ1) is 11.6. The lowest BCUT2D eigenvalue weighted by atomic mass is 10.2. The summed E-state index contributed by atoms with van der Waals surface area (Å²) in [6, 6.07) is 10.6. The third kappa shape index (κ3) is 5.23. The van der Waals surface area contributed by atoms with Gasteiger partial charge in [0.1, 0.15) is 11.5 Å². The maximum absolute atomic E-state index is 12.5. The molecule has 1 aromatic heterocycles. The van der Waals surface area contributed by atoms with E-state index in [4.69, 9.17) is 4.42 Å². The molecular weight excluding hydrogens is 419 g/mol. The van der Waals surface area contributed by atoms with Gasteiger partial charge in [-0.3, -0.25) is 9.59 Å². The van der Waals surface area contributed by atoms with Gasteiger partial charge in [0.2, 0.25) is 0 Å². The summed E-state index contributed by atoms with van der Waals surface area (Å²) < 4.78 is 6.06. The molecule has 0 fully saturated rings. The second-order valence-electron chi connectivity index (χ2n) is 5.12. The first-order valence-corrected chi connectivity index (χ1v) is 8.79. The van der Waals surface area contributed by atoms with Crippen molar-refractivity contribution in [2.75, 3.05) is 6.54 Å². The SMILES string of the molecule is CCCCNC(=O)C(=Cc1ccco1)NC(=O)c1ccccc1I. The van der Waals surface area contributed by atoms with Gasteiger partial charge in [-0.2, -0.15) is 0 Å². The lowest BCUT2D eigenvalue weighted by Gasteiger charge is -2.11. The molecule has 0 aliphatic rings. The predicted octanol–water partition coefficient (Wildman–Crippen LogP) is 3.57. The highest BCUT2D eigenvalue weighted by molar-refractivity contribution is 14.1. The van der Waals surface area contributed by atoms with Crippen LogP contribution in [0, 0.1) is 3.57 Å². The first-order valence-electron chi connectivity index (χ1n) is 7.71. The number of furan rings is 1. The van der Waals surface area contributed by atoms with Gasteiger partial charge in [0.25, 0.3) is 11.8 Å². The van der Waals surface area contributed by atoms with Crippen LogP contribution in [0.5, 0.6) is 0 Å². The van der Waals surface area contributed by atoms with E-state index in [0.717, 1.165) is 16.4 Å². The summed E-state index contributed by atoms with van der Waals surface area (Å²) in [7, 11) is 0. The fourth-order valence-corrected chi connectivity index (χ4v) is 2.62. The number of rotatable bonds is 7. The number of halogens is 1. The van der Waals surface area contributed by atoms with Crippen LogP contribution in [0.2, 0.25) is 0 Å². The molecule has 0 aliphatic heterocycles. The van der Waals surface area contributed by atoms with Crippen molar-refractivity contribution in [3.63, 3.8) is 0 Å². The Hall–Kier alpha value is -2.09. The summed E-state index contributed by atoms with van der Waals surface area (Å²) >= 11 is 2.09. The Bertz CT molecular complexity index is 724. The third-order valence-electron chi connectivity index (χ3n) is 3.26. The van der Waals surface area contributed by atoms with E-state index in [1.54, 1.807) is 24.3 Å². The number of carbonyl (C=O) groups is 2.